The van der Waals surface area contributed by atoms with E-state index in [4.69, 9.17) is 9.47 Å². The number of aromatic nitrogens is 2. The van der Waals surface area contributed by atoms with Gasteiger partial charge in [-0.05, 0) is 19.1 Å². The maximum atomic E-state index is 12.7. The minimum Gasteiger partial charge on any atom is -0.493 e. The maximum Gasteiger partial charge on any atom is 0.257 e. The van der Waals surface area contributed by atoms with Crippen molar-refractivity contribution in [1.29, 1.82) is 0 Å². The molecule has 2 rings (SSSR count). The third-order valence-electron chi connectivity index (χ3n) is 3.50. The van der Waals surface area contributed by atoms with Crippen LogP contribution in [-0.4, -0.2) is 41.9 Å². The van der Waals surface area contributed by atoms with Crippen molar-refractivity contribution in [2.75, 3.05) is 21.3 Å². The highest BCUT2D eigenvalue weighted by atomic mass is 16.5. The third-order valence-corrected chi connectivity index (χ3v) is 3.50. The fraction of sp³-hybridized carbons (Fsp3) is 0.375. The summed E-state index contributed by atoms with van der Waals surface area (Å²) in [6.07, 6.45) is 1.92. The van der Waals surface area contributed by atoms with E-state index in [1.165, 1.54) is 7.11 Å². The smallest absolute Gasteiger partial charge is 0.257 e. The van der Waals surface area contributed by atoms with Gasteiger partial charge in [-0.25, -0.2) is 0 Å². The number of para-hydroxylation sites is 1. The Morgan fingerprint density at radius 2 is 2.05 bits per heavy atom. The number of amides is 1. The van der Waals surface area contributed by atoms with Crippen LogP contribution in [0.15, 0.2) is 24.4 Å². The molecule has 2 aromatic rings. The number of methoxy groups -OCH3 is 2. The molecule has 0 saturated heterocycles. The SMILES string of the molecule is COc1cccc(C(=O)N(C)Cc2cn(C)nc2C)c1OC. The summed E-state index contributed by atoms with van der Waals surface area (Å²) in [4.78, 5) is 14.3. The lowest BCUT2D eigenvalue weighted by Gasteiger charge is -2.19. The van der Waals surface area contributed by atoms with E-state index in [1.807, 2.05) is 20.2 Å². The lowest BCUT2D eigenvalue weighted by Crippen LogP contribution is -2.26. The Morgan fingerprint density at radius 3 is 2.59 bits per heavy atom. The van der Waals surface area contributed by atoms with Gasteiger partial charge in [0.1, 0.15) is 0 Å². The Bertz CT molecular complexity index is 679. The standard InChI is InChI=1S/C16H21N3O3/c1-11-12(10-19(3)17-11)9-18(2)16(20)13-7-6-8-14(21-4)15(13)22-5/h6-8,10H,9H2,1-5H3. The zero-order valence-electron chi connectivity index (χ0n) is 13.6. The van der Waals surface area contributed by atoms with Gasteiger partial charge < -0.3 is 14.4 Å². The summed E-state index contributed by atoms with van der Waals surface area (Å²) in [6, 6.07) is 5.27. The molecule has 0 spiro atoms. The molecular formula is C16H21N3O3. The number of carbonyl (C=O) groups excluding carboxylic acids is 1. The van der Waals surface area contributed by atoms with Gasteiger partial charge in [0.25, 0.3) is 5.91 Å². The normalized spacial score (nSPS) is 10.4. The van der Waals surface area contributed by atoms with Crippen molar-refractivity contribution in [3.05, 3.63) is 41.2 Å². The first-order valence-corrected chi connectivity index (χ1v) is 6.93. The topological polar surface area (TPSA) is 56.6 Å². The number of carbonyl (C=O) groups is 1. The van der Waals surface area contributed by atoms with E-state index in [1.54, 1.807) is 41.9 Å². The molecule has 22 heavy (non-hydrogen) atoms. The van der Waals surface area contributed by atoms with E-state index in [-0.39, 0.29) is 5.91 Å². The van der Waals surface area contributed by atoms with Gasteiger partial charge in [0.15, 0.2) is 11.5 Å². The van der Waals surface area contributed by atoms with E-state index in [0.29, 0.717) is 23.6 Å². The number of benzene rings is 1. The Balaban J connectivity index is 2.26. The van der Waals surface area contributed by atoms with Crippen LogP contribution in [0.4, 0.5) is 0 Å². The predicted molar refractivity (Wildman–Crippen MR) is 83.3 cm³/mol. The van der Waals surface area contributed by atoms with Crippen LogP contribution in [0.25, 0.3) is 0 Å². The molecule has 0 aliphatic rings. The molecule has 0 atom stereocenters. The zero-order chi connectivity index (χ0) is 16.3. The molecule has 0 saturated carbocycles. The van der Waals surface area contributed by atoms with Gasteiger partial charge in [0, 0.05) is 32.4 Å². The van der Waals surface area contributed by atoms with Gasteiger partial charge in [0.05, 0.1) is 25.5 Å². The second-order valence-electron chi connectivity index (χ2n) is 5.12. The van der Waals surface area contributed by atoms with Crippen molar-refractivity contribution >= 4 is 5.91 Å². The molecule has 0 unspecified atom stereocenters. The molecule has 0 aliphatic heterocycles. The molecule has 1 amide bonds. The third kappa shape index (κ3) is 3.05. The molecule has 6 heteroatoms. The summed E-state index contributed by atoms with van der Waals surface area (Å²) in [7, 11) is 6.70. The van der Waals surface area contributed by atoms with Crippen LogP contribution in [0.5, 0.6) is 11.5 Å². The van der Waals surface area contributed by atoms with Crippen LogP contribution in [0.1, 0.15) is 21.6 Å². The number of rotatable bonds is 5. The number of nitrogens with zero attached hydrogens (tertiary/aromatic N) is 3. The Hall–Kier alpha value is -2.50. The molecule has 1 heterocycles. The van der Waals surface area contributed by atoms with Gasteiger partial charge in [-0.15, -0.1) is 0 Å². The van der Waals surface area contributed by atoms with Gasteiger partial charge in [-0.1, -0.05) is 6.07 Å². The second-order valence-corrected chi connectivity index (χ2v) is 5.12. The van der Waals surface area contributed by atoms with Gasteiger partial charge >= 0.3 is 0 Å². The highest BCUT2D eigenvalue weighted by Crippen LogP contribution is 2.31. The first kappa shape index (κ1) is 15.9. The van der Waals surface area contributed by atoms with Crippen LogP contribution < -0.4 is 9.47 Å². The highest BCUT2D eigenvalue weighted by Gasteiger charge is 2.20. The molecule has 0 radical (unpaired) electrons. The van der Waals surface area contributed by atoms with Crippen LogP contribution in [0, 0.1) is 6.92 Å². The predicted octanol–water partition coefficient (Wildman–Crippen LogP) is 2.02. The van der Waals surface area contributed by atoms with Gasteiger partial charge in [-0.2, -0.15) is 5.10 Å². The lowest BCUT2D eigenvalue weighted by molar-refractivity contribution is 0.0781. The van der Waals surface area contributed by atoms with Crippen LogP contribution >= 0.6 is 0 Å². The number of hydrogen-bond acceptors (Lipinski definition) is 4. The Morgan fingerprint density at radius 1 is 1.32 bits per heavy atom. The second kappa shape index (κ2) is 6.51. The van der Waals surface area contributed by atoms with Crippen LogP contribution in [0.3, 0.4) is 0 Å². The molecule has 1 aromatic carbocycles. The quantitative estimate of drug-likeness (QED) is 0.848. The first-order chi connectivity index (χ1) is 10.5. The van der Waals surface area contributed by atoms with Crippen LogP contribution in [-0.2, 0) is 13.6 Å². The molecule has 0 fully saturated rings. The van der Waals surface area contributed by atoms with Gasteiger partial charge in [-0.3, -0.25) is 9.48 Å². The molecule has 0 bridgehead atoms. The van der Waals surface area contributed by atoms with Crippen molar-refractivity contribution in [3.8, 4) is 11.5 Å². The number of ether oxygens (including phenoxy) is 2. The van der Waals surface area contributed by atoms with E-state index in [2.05, 4.69) is 5.10 Å². The maximum absolute atomic E-state index is 12.7. The van der Waals surface area contributed by atoms with Crippen molar-refractivity contribution in [2.45, 2.75) is 13.5 Å². The van der Waals surface area contributed by atoms with Crippen molar-refractivity contribution in [1.82, 2.24) is 14.7 Å². The van der Waals surface area contributed by atoms with E-state index in [0.717, 1.165) is 11.3 Å². The fourth-order valence-corrected chi connectivity index (χ4v) is 2.39. The molecule has 0 aliphatic carbocycles. The largest absolute Gasteiger partial charge is 0.493 e. The van der Waals surface area contributed by atoms with Crippen LogP contribution in [0.2, 0.25) is 0 Å². The van der Waals surface area contributed by atoms with Crippen molar-refractivity contribution in [2.24, 2.45) is 7.05 Å². The average Bonchev–Trinajstić information content (AvgIpc) is 2.82. The summed E-state index contributed by atoms with van der Waals surface area (Å²) in [5.41, 5.74) is 2.41. The van der Waals surface area contributed by atoms with Gasteiger partial charge in [0.2, 0.25) is 0 Å². The zero-order valence-corrected chi connectivity index (χ0v) is 13.6. The van der Waals surface area contributed by atoms with Crippen molar-refractivity contribution < 1.29 is 14.3 Å². The fourth-order valence-electron chi connectivity index (χ4n) is 2.39. The van der Waals surface area contributed by atoms with E-state index >= 15 is 0 Å². The molecule has 118 valence electrons. The lowest BCUT2D eigenvalue weighted by atomic mass is 10.1. The Labute approximate surface area is 130 Å². The molecule has 6 nitrogen and oxygen atoms in total. The van der Waals surface area contributed by atoms with E-state index in [9.17, 15) is 4.79 Å². The Kier molecular flexibility index (Phi) is 4.70. The summed E-state index contributed by atoms with van der Waals surface area (Å²) in [5, 5.41) is 4.29. The minimum absolute atomic E-state index is 0.126. The minimum atomic E-state index is -0.126. The average molecular weight is 303 g/mol. The molecular weight excluding hydrogens is 282 g/mol. The van der Waals surface area contributed by atoms with E-state index < -0.39 is 0 Å². The summed E-state index contributed by atoms with van der Waals surface area (Å²) in [5.74, 6) is 0.864. The summed E-state index contributed by atoms with van der Waals surface area (Å²) in [6.45, 7) is 2.42. The molecule has 1 aromatic heterocycles. The monoisotopic (exact) mass is 303 g/mol. The van der Waals surface area contributed by atoms with Crippen molar-refractivity contribution in [3.63, 3.8) is 0 Å². The first-order valence-electron chi connectivity index (χ1n) is 6.93. The summed E-state index contributed by atoms with van der Waals surface area (Å²) < 4.78 is 12.3. The summed E-state index contributed by atoms with van der Waals surface area (Å²) >= 11 is 0. The number of hydrogen-bond donors (Lipinski definition) is 0. The molecule has 0 N–H and O–H groups in total. The highest BCUT2D eigenvalue weighted by molar-refractivity contribution is 5.97. The number of aryl methyl sites for hydroxylation is 2.